The summed E-state index contributed by atoms with van der Waals surface area (Å²) in [5.74, 6) is -1.85. The Labute approximate surface area is 133 Å². The molecule has 0 aliphatic heterocycles. The number of hydrogen-bond donors (Lipinski definition) is 1. The first-order chi connectivity index (χ1) is 10.5. The molecule has 112 valence electrons. The van der Waals surface area contributed by atoms with Crippen molar-refractivity contribution in [2.24, 2.45) is 0 Å². The molecule has 0 saturated heterocycles. The topological polar surface area (TPSA) is 62.1 Å². The van der Waals surface area contributed by atoms with Gasteiger partial charge >= 0.3 is 0 Å². The van der Waals surface area contributed by atoms with Gasteiger partial charge in [0, 0.05) is 10.5 Å². The van der Waals surface area contributed by atoms with E-state index in [9.17, 15) is 13.6 Å². The molecule has 0 atom stereocenters. The quantitative estimate of drug-likeness (QED) is 0.898. The molecule has 2 rings (SSSR count). The van der Waals surface area contributed by atoms with Crippen molar-refractivity contribution < 1.29 is 18.3 Å². The van der Waals surface area contributed by atoms with E-state index in [1.807, 2.05) is 6.07 Å². The Morgan fingerprint density at radius 2 is 1.95 bits per heavy atom. The molecule has 4 nitrogen and oxygen atoms in total. The van der Waals surface area contributed by atoms with Gasteiger partial charge in [0.15, 0.2) is 12.4 Å². The largest absolute Gasteiger partial charge is 0.484 e. The Hall–Kier alpha value is -2.46. The number of rotatable bonds is 4. The average molecular weight is 367 g/mol. The van der Waals surface area contributed by atoms with Crippen LogP contribution in [0.15, 0.2) is 40.9 Å². The lowest BCUT2D eigenvalue weighted by Crippen LogP contribution is -2.21. The molecule has 7 heteroatoms. The van der Waals surface area contributed by atoms with Gasteiger partial charge in [-0.3, -0.25) is 4.79 Å². The van der Waals surface area contributed by atoms with E-state index < -0.39 is 17.5 Å². The maximum atomic E-state index is 13.6. The van der Waals surface area contributed by atoms with Crippen LogP contribution in [0.2, 0.25) is 0 Å². The molecular weight excluding hydrogens is 358 g/mol. The molecule has 0 aliphatic rings. The molecule has 22 heavy (non-hydrogen) atoms. The van der Waals surface area contributed by atoms with Gasteiger partial charge in [-0.25, -0.2) is 8.78 Å². The molecule has 2 aromatic rings. The van der Waals surface area contributed by atoms with Crippen molar-refractivity contribution in [3.8, 4) is 11.8 Å². The third-order valence-electron chi connectivity index (χ3n) is 2.62. The normalized spacial score (nSPS) is 9.91. The number of amides is 1. The smallest absolute Gasteiger partial charge is 0.262 e. The van der Waals surface area contributed by atoms with Gasteiger partial charge < -0.3 is 10.1 Å². The summed E-state index contributed by atoms with van der Waals surface area (Å²) in [6, 6.07) is 9.84. The molecule has 0 bridgehead atoms. The highest BCUT2D eigenvalue weighted by molar-refractivity contribution is 9.10. The maximum Gasteiger partial charge on any atom is 0.262 e. The Morgan fingerprint density at radius 1 is 1.27 bits per heavy atom. The zero-order valence-corrected chi connectivity index (χ0v) is 12.7. The molecule has 0 spiro atoms. The van der Waals surface area contributed by atoms with E-state index in [0.717, 1.165) is 6.07 Å². The third kappa shape index (κ3) is 4.02. The first-order valence-corrected chi connectivity index (χ1v) is 6.86. The Balaban J connectivity index is 1.97. The summed E-state index contributed by atoms with van der Waals surface area (Å²) in [7, 11) is 0. The number of hydrogen-bond acceptors (Lipinski definition) is 3. The Bertz CT molecular complexity index is 719. The molecule has 1 N–H and O–H groups in total. The fraction of sp³-hybridized carbons (Fsp3) is 0.0667. The number of nitriles is 1. The van der Waals surface area contributed by atoms with Crippen LogP contribution in [0.25, 0.3) is 0 Å². The molecule has 0 unspecified atom stereocenters. The lowest BCUT2D eigenvalue weighted by Gasteiger charge is -2.10. The summed E-state index contributed by atoms with van der Waals surface area (Å²) in [6.07, 6.45) is 0. The Morgan fingerprint density at radius 3 is 2.55 bits per heavy atom. The third-order valence-corrected chi connectivity index (χ3v) is 3.25. The van der Waals surface area contributed by atoms with E-state index in [-0.39, 0.29) is 16.8 Å². The minimum atomic E-state index is -0.890. The first-order valence-electron chi connectivity index (χ1n) is 6.07. The van der Waals surface area contributed by atoms with Crippen LogP contribution in [0, 0.1) is 23.0 Å². The zero-order valence-electron chi connectivity index (χ0n) is 11.1. The van der Waals surface area contributed by atoms with Gasteiger partial charge in [0.25, 0.3) is 5.91 Å². The molecule has 2 aromatic carbocycles. The standard InChI is InChI=1S/C15H9BrF2N2O2/c16-12-5-10(17)6-13(18)15(12)20-14(21)8-22-11-3-1-9(7-19)2-4-11/h1-6H,8H2,(H,20,21). The number of anilines is 1. The van der Waals surface area contributed by atoms with E-state index >= 15 is 0 Å². The minimum Gasteiger partial charge on any atom is -0.484 e. The molecular formula is C15H9BrF2N2O2. The summed E-state index contributed by atoms with van der Waals surface area (Å²) in [5, 5.41) is 11.0. The van der Waals surface area contributed by atoms with Crippen molar-refractivity contribution in [2.45, 2.75) is 0 Å². The van der Waals surface area contributed by atoms with Gasteiger partial charge in [-0.2, -0.15) is 5.26 Å². The predicted octanol–water partition coefficient (Wildman–Crippen LogP) is 3.62. The van der Waals surface area contributed by atoms with Crippen LogP contribution in [0.3, 0.4) is 0 Å². The number of halogens is 3. The van der Waals surface area contributed by atoms with Gasteiger partial charge in [0.05, 0.1) is 17.3 Å². The van der Waals surface area contributed by atoms with Crippen molar-refractivity contribution in [3.63, 3.8) is 0 Å². The lowest BCUT2D eigenvalue weighted by atomic mass is 10.2. The summed E-state index contributed by atoms with van der Waals surface area (Å²) < 4.78 is 31.8. The number of ether oxygens (including phenoxy) is 1. The van der Waals surface area contributed by atoms with Crippen LogP contribution < -0.4 is 10.1 Å². The fourth-order valence-electron chi connectivity index (χ4n) is 1.61. The number of carbonyl (C=O) groups is 1. The van der Waals surface area contributed by atoms with E-state index in [1.165, 1.54) is 0 Å². The fourth-order valence-corrected chi connectivity index (χ4v) is 2.12. The maximum absolute atomic E-state index is 13.6. The summed E-state index contributed by atoms with van der Waals surface area (Å²) in [5.41, 5.74) is 0.309. The van der Waals surface area contributed by atoms with Crippen LogP contribution in [0.4, 0.5) is 14.5 Å². The molecule has 0 heterocycles. The van der Waals surface area contributed by atoms with Gasteiger partial charge in [-0.05, 0) is 46.3 Å². The first kappa shape index (κ1) is 15.9. The van der Waals surface area contributed by atoms with Gasteiger partial charge in [0.1, 0.15) is 11.6 Å². The molecule has 0 aliphatic carbocycles. The minimum absolute atomic E-state index is 0.0942. The number of carbonyl (C=O) groups excluding carboxylic acids is 1. The van der Waals surface area contributed by atoms with Crippen molar-refractivity contribution in [1.82, 2.24) is 0 Å². The SMILES string of the molecule is N#Cc1ccc(OCC(=O)Nc2c(F)cc(F)cc2Br)cc1. The number of nitrogens with one attached hydrogen (secondary N) is 1. The second-order valence-corrected chi connectivity index (χ2v) is 5.07. The van der Waals surface area contributed by atoms with Crippen molar-refractivity contribution >= 4 is 27.5 Å². The highest BCUT2D eigenvalue weighted by Gasteiger charge is 2.13. The summed E-state index contributed by atoms with van der Waals surface area (Å²) in [4.78, 5) is 11.7. The van der Waals surface area contributed by atoms with Gasteiger partial charge in [0.2, 0.25) is 0 Å². The van der Waals surface area contributed by atoms with Crippen LogP contribution in [0.1, 0.15) is 5.56 Å². The highest BCUT2D eigenvalue weighted by Crippen LogP contribution is 2.26. The second kappa shape index (κ2) is 7.00. The summed E-state index contributed by atoms with van der Waals surface area (Å²) in [6.45, 7) is -0.352. The van der Waals surface area contributed by atoms with Crippen molar-refractivity contribution in [1.29, 1.82) is 5.26 Å². The molecule has 1 amide bonds. The van der Waals surface area contributed by atoms with E-state index in [4.69, 9.17) is 10.00 Å². The van der Waals surface area contributed by atoms with Gasteiger partial charge in [-0.15, -0.1) is 0 Å². The molecule has 0 saturated carbocycles. The number of nitrogens with zero attached hydrogens (tertiary/aromatic N) is 1. The van der Waals surface area contributed by atoms with Crippen LogP contribution in [0.5, 0.6) is 5.75 Å². The van der Waals surface area contributed by atoms with E-state index in [2.05, 4.69) is 21.2 Å². The number of benzene rings is 2. The lowest BCUT2D eigenvalue weighted by molar-refractivity contribution is -0.118. The molecule has 0 aromatic heterocycles. The van der Waals surface area contributed by atoms with Crippen LogP contribution in [-0.4, -0.2) is 12.5 Å². The van der Waals surface area contributed by atoms with Crippen molar-refractivity contribution in [3.05, 3.63) is 58.1 Å². The van der Waals surface area contributed by atoms with Crippen LogP contribution in [-0.2, 0) is 4.79 Å². The predicted molar refractivity (Wildman–Crippen MR) is 79.3 cm³/mol. The second-order valence-electron chi connectivity index (χ2n) is 4.22. The van der Waals surface area contributed by atoms with Crippen molar-refractivity contribution in [2.75, 3.05) is 11.9 Å². The Kier molecular flexibility index (Phi) is 5.07. The highest BCUT2D eigenvalue weighted by atomic mass is 79.9. The monoisotopic (exact) mass is 366 g/mol. The average Bonchev–Trinajstić information content (AvgIpc) is 2.49. The summed E-state index contributed by atoms with van der Waals surface area (Å²) >= 11 is 2.97. The zero-order chi connectivity index (χ0) is 16.1. The van der Waals surface area contributed by atoms with E-state index in [1.54, 1.807) is 24.3 Å². The van der Waals surface area contributed by atoms with Crippen LogP contribution >= 0.6 is 15.9 Å². The molecule has 0 radical (unpaired) electrons. The van der Waals surface area contributed by atoms with E-state index in [0.29, 0.717) is 17.4 Å². The van der Waals surface area contributed by atoms with Gasteiger partial charge in [-0.1, -0.05) is 0 Å². The molecule has 0 fully saturated rings.